The van der Waals surface area contributed by atoms with E-state index in [1.54, 1.807) is 0 Å². The van der Waals surface area contributed by atoms with Gasteiger partial charge in [0.05, 0.1) is 6.17 Å². The van der Waals surface area contributed by atoms with E-state index >= 15 is 0 Å². The zero-order valence-electron chi connectivity index (χ0n) is 8.00. The van der Waals surface area contributed by atoms with E-state index in [-0.39, 0.29) is 6.17 Å². The molecule has 3 fully saturated rings. The standard InChI is InChI=1S/C10H19N3/c11-10-5-7-6-3-4-12-8(6)1-2-9(7)13-10/h6-10,12-13H,1-5,11H2. The molecular formula is C10H19N3. The first-order valence-electron chi connectivity index (χ1n) is 5.59. The summed E-state index contributed by atoms with van der Waals surface area (Å²) in [7, 11) is 0. The van der Waals surface area contributed by atoms with E-state index in [9.17, 15) is 0 Å². The zero-order valence-corrected chi connectivity index (χ0v) is 8.00. The minimum Gasteiger partial charge on any atom is -0.316 e. The molecule has 0 bridgehead atoms. The van der Waals surface area contributed by atoms with Crippen LogP contribution in [0.5, 0.6) is 0 Å². The lowest BCUT2D eigenvalue weighted by atomic mass is 9.73. The van der Waals surface area contributed by atoms with E-state index in [1.807, 2.05) is 0 Å². The van der Waals surface area contributed by atoms with Crippen molar-refractivity contribution in [3.8, 4) is 0 Å². The van der Waals surface area contributed by atoms with Gasteiger partial charge in [-0.15, -0.1) is 0 Å². The molecule has 3 rings (SSSR count). The van der Waals surface area contributed by atoms with Crippen molar-refractivity contribution in [3.05, 3.63) is 0 Å². The lowest BCUT2D eigenvalue weighted by Gasteiger charge is -2.35. The average Bonchev–Trinajstić information content (AvgIpc) is 2.65. The van der Waals surface area contributed by atoms with Crippen molar-refractivity contribution < 1.29 is 0 Å². The SMILES string of the molecule is NC1CC2C(CCC3NCCC32)N1. The van der Waals surface area contributed by atoms with Crippen LogP contribution in [0.2, 0.25) is 0 Å². The van der Waals surface area contributed by atoms with Crippen molar-refractivity contribution in [2.45, 2.75) is 43.9 Å². The third-order valence-corrected chi connectivity index (χ3v) is 4.21. The molecule has 4 N–H and O–H groups in total. The van der Waals surface area contributed by atoms with E-state index in [2.05, 4.69) is 10.6 Å². The monoisotopic (exact) mass is 181 g/mol. The van der Waals surface area contributed by atoms with Gasteiger partial charge >= 0.3 is 0 Å². The van der Waals surface area contributed by atoms with E-state index in [4.69, 9.17) is 5.73 Å². The van der Waals surface area contributed by atoms with Gasteiger partial charge in [-0.25, -0.2) is 0 Å². The molecule has 2 aliphatic heterocycles. The summed E-state index contributed by atoms with van der Waals surface area (Å²) < 4.78 is 0. The highest BCUT2D eigenvalue weighted by Crippen LogP contribution is 2.40. The van der Waals surface area contributed by atoms with Gasteiger partial charge in [-0.2, -0.15) is 0 Å². The van der Waals surface area contributed by atoms with Gasteiger partial charge in [0.25, 0.3) is 0 Å². The number of hydrogen-bond acceptors (Lipinski definition) is 3. The largest absolute Gasteiger partial charge is 0.316 e. The summed E-state index contributed by atoms with van der Waals surface area (Å²) >= 11 is 0. The summed E-state index contributed by atoms with van der Waals surface area (Å²) in [6.45, 7) is 1.23. The molecular weight excluding hydrogens is 162 g/mol. The molecule has 1 saturated carbocycles. The van der Waals surface area contributed by atoms with E-state index in [0.29, 0.717) is 0 Å². The fraction of sp³-hybridized carbons (Fsp3) is 1.00. The predicted octanol–water partition coefficient (Wildman–Crippen LogP) is 0.0212. The first kappa shape index (κ1) is 8.21. The summed E-state index contributed by atoms with van der Waals surface area (Å²) in [5, 5.41) is 7.14. The molecule has 5 unspecified atom stereocenters. The van der Waals surface area contributed by atoms with Crippen molar-refractivity contribution >= 4 is 0 Å². The maximum absolute atomic E-state index is 5.95. The molecule has 1 aliphatic carbocycles. The average molecular weight is 181 g/mol. The second-order valence-electron chi connectivity index (χ2n) is 4.87. The summed E-state index contributed by atoms with van der Waals surface area (Å²) in [5.74, 6) is 1.78. The molecule has 3 heteroatoms. The van der Waals surface area contributed by atoms with Crippen LogP contribution in [0.3, 0.4) is 0 Å². The topological polar surface area (TPSA) is 50.1 Å². The summed E-state index contributed by atoms with van der Waals surface area (Å²) in [6, 6.07) is 1.55. The highest BCUT2D eigenvalue weighted by Gasteiger charge is 2.45. The second kappa shape index (κ2) is 2.94. The fourth-order valence-corrected chi connectivity index (χ4v) is 3.67. The minimum atomic E-state index is 0.273. The molecule has 2 heterocycles. The van der Waals surface area contributed by atoms with Crippen LogP contribution in [0.1, 0.15) is 25.7 Å². The number of nitrogens with two attached hydrogens (primary N) is 1. The van der Waals surface area contributed by atoms with Gasteiger partial charge < -0.3 is 11.1 Å². The van der Waals surface area contributed by atoms with Crippen molar-refractivity contribution in [1.82, 2.24) is 10.6 Å². The Balaban J connectivity index is 1.79. The van der Waals surface area contributed by atoms with Crippen LogP contribution in [0.25, 0.3) is 0 Å². The van der Waals surface area contributed by atoms with Crippen LogP contribution in [0.4, 0.5) is 0 Å². The maximum Gasteiger partial charge on any atom is 0.0551 e. The number of rotatable bonds is 0. The van der Waals surface area contributed by atoms with Crippen LogP contribution in [0, 0.1) is 11.8 Å². The van der Waals surface area contributed by atoms with Gasteiger partial charge in [-0.3, -0.25) is 5.32 Å². The molecule has 0 radical (unpaired) electrons. The Morgan fingerprint density at radius 1 is 1.00 bits per heavy atom. The maximum atomic E-state index is 5.95. The highest BCUT2D eigenvalue weighted by molar-refractivity contribution is 5.02. The fourth-order valence-electron chi connectivity index (χ4n) is 3.67. The number of hydrogen-bond donors (Lipinski definition) is 3. The third kappa shape index (κ3) is 1.22. The van der Waals surface area contributed by atoms with Crippen LogP contribution in [-0.4, -0.2) is 24.8 Å². The molecule has 3 nitrogen and oxygen atoms in total. The predicted molar refractivity (Wildman–Crippen MR) is 52.1 cm³/mol. The van der Waals surface area contributed by atoms with E-state index in [0.717, 1.165) is 23.9 Å². The van der Waals surface area contributed by atoms with Crippen LogP contribution >= 0.6 is 0 Å². The summed E-state index contributed by atoms with van der Waals surface area (Å²) in [4.78, 5) is 0. The van der Waals surface area contributed by atoms with Gasteiger partial charge in [0, 0.05) is 12.1 Å². The lowest BCUT2D eigenvalue weighted by Crippen LogP contribution is -2.44. The first-order chi connectivity index (χ1) is 6.34. The van der Waals surface area contributed by atoms with Crippen LogP contribution in [-0.2, 0) is 0 Å². The normalized spacial score (nSPS) is 54.7. The molecule has 5 atom stereocenters. The molecule has 0 amide bonds. The molecule has 13 heavy (non-hydrogen) atoms. The Hall–Kier alpha value is -0.120. The summed E-state index contributed by atoms with van der Waals surface area (Å²) in [6.07, 6.45) is 5.53. The second-order valence-corrected chi connectivity index (χ2v) is 4.87. The van der Waals surface area contributed by atoms with Gasteiger partial charge in [-0.05, 0) is 44.1 Å². The Bertz CT molecular complexity index is 206. The first-order valence-corrected chi connectivity index (χ1v) is 5.59. The van der Waals surface area contributed by atoms with Crippen molar-refractivity contribution in [2.75, 3.05) is 6.54 Å². The van der Waals surface area contributed by atoms with Crippen molar-refractivity contribution in [1.29, 1.82) is 0 Å². The Morgan fingerprint density at radius 2 is 1.85 bits per heavy atom. The number of nitrogens with one attached hydrogen (secondary N) is 2. The number of fused-ring (bicyclic) bond motifs is 3. The van der Waals surface area contributed by atoms with Crippen LogP contribution in [0.15, 0.2) is 0 Å². The molecule has 0 aromatic rings. The molecule has 0 spiro atoms. The van der Waals surface area contributed by atoms with E-state index in [1.165, 1.54) is 32.2 Å². The minimum absolute atomic E-state index is 0.273. The molecule has 0 aromatic carbocycles. The lowest BCUT2D eigenvalue weighted by molar-refractivity contribution is 0.202. The summed E-state index contributed by atoms with van der Waals surface area (Å²) in [5.41, 5.74) is 5.95. The van der Waals surface area contributed by atoms with Gasteiger partial charge in [0.2, 0.25) is 0 Å². The van der Waals surface area contributed by atoms with Crippen LogP contribution < -0.4 is 16.4 Å². The molecule has 0 aromatic heterocycles. The quantitative estimate of drug-likeness (QED) is 0.494. The molecule has 74 valence electrons. The Labute approximate surface area is 79.4 Å². The van der Waals surface area contributed by atoms with Gasteiger partial charge in [0.1, 0.15) is 0 Å². The smallest absolute Gasteiger partial charge is 0.0551 e. The molecule has 3 aliphatic rings. The third-order valence-electron chi connectivity index (χ3n) is 4.21. The van der Waals surface area contributed by atoms with Crippen molar-refractivity contribution in [3.63, 3.8) is 0 Å². The highest BCUT2D eigenvalue weighted by atomic mass is 15.1. The van der Waals surface area contributed by atoms with Gasteiger partial charge in [0.15, 0.2) is 0 Å². The zero-order chi connectivity index (χ0) is 8.84. The Morgan fingerprint density at radius 3 is 2.77 bits per heavy atom. The molecule has 2 saturated heterocycles. The van der Waals surface area contributed by atoms with E-state index < -0.39 is 0 Å². The Kier molecular flexibility index (Phi) is 1.86. The van der Waals surface area contributed by atoms with Crippen molar-refractivity contribution in [2.24, 2.45) is 17.6 Å². The van der Waals surface area contributed by atoms with Gasteiger partial charge in [-0.1, -0.05) is 0 Å².